The minimum absolute atomic E-state index is 0.000679. The van der Waals surface area contributed by atoms with Crippen molar-refractivity contribution in [1.82, 2.24) is 4.90 Å². The zero-order valence-electron chi connectivity index (χ0n) is 15.9. The number of ether oxygens (including phenoxy) is 2. The third-order valence-electron chi connectivity index (χ3n) is 5.20. The first-order valence-electron chi connectivity index (χ1n) is 9.94. The van der Waals surface area contributed by atoms with Gasteiger partial charge in [0.2, 0.25) is 0 Å². The van der Waals surface area contributed by atoms with Gasteiger partial charge in [-0.25, -0.2) is 0 Å². The van der Waals surface area contributed by atoms with Crippen LogP contribution in [0, 0.1) is 0 Å². The number of nitrogens with zero attached hydrogens (tertiary/aromatic N) is 1. The Morgan fingerprint density at radius 1 is 1.08 bits per heavy atom. The van der Waals surface area contributed by atoms with Crippen LogP contribution < -0.4 is 4.74 Å². The Balaban J connectivity index is 1.59. The monoisotopic (exact) mass is 379 g/mol. The second-order valence-corrected chi connectivity index (χ2v) is 8.13. The molecule has 1 saturated heterocycles. The summed E-state index contributed by atoms with van der Waals surface area (Å²) in [5, 5.41) is 0.556. The Bertz CT molecular complexity index is 605. The van der Waals surface area contributed by atoms with E-state index in [-0.39, 0.29) is 18.1 Å². The average molecular weight is 380 g/mol. The molecule has 0 spiro atoms. The number of carbonyl (C=O) groups excluding carboxylic acids is 1. The van der Waals surface area contributed by atoms with Crippen LogP contribution in [0.5, 0.6) is 5.75 Å². The molecule has 0 N–H and O–H groups in total. The maximum atomic E-state index is 13.0. The molecule has 1 aromatic rings. The van der Waals surface area contributed by atoms with Crippen molar-refractivity contribution in [1.29, 1.82) is 0 Å². The molecule has 0 bridgehead atoms. The third kappa shape index (κ3) is 5.14. The van der Waals surface area contributed by atoms with Crippen LogP contribution in [-0.4, -0.2) is 42.2 Å². The number of hydrogen-bond acceptors (Lipinski definition) is 3. The quantitative estimate of drug-likeness (QED) is 0.715. The molecule has 0 unspecified atom stereocenters. The Kier molecular flexibility index (Phi) is 6.82. The topological polar surface area (TPSA) is 38.8 Å². The number of likely N-dealkylation sites (tertiary alicyclic amines) is 1. The fraction of sp³-hybridized carbons (Fsp3) is 0.667. The predicted molar refractivity (Wildman–Crippen MR) is 104 cm³/mol. The molecule has 3 rings (SSSR count). The van der Waals surface area contributed by atoms with Gasteiger partial charge in [0.1, 0.15) is 5.75 Å². The summed E-state index contributed by atoms with van der Waals surface area (Å²) < 4.78 is 12.1. The molecule has 2 fully saturated rings. The lowest BCUT2D eigenvalue weighted by Gasteiger charge is -2.35. The number of piperidine rings is 1. The van der Waals surface area contributed by atoms with Gasteiger partial charge in [0, 0.05) is 18.1 Å². The summed E-state index contributed by atoms with van der Waals surface area (Å²) >= 11 is 6.12. The third-order valence-corrected chi connectivity index (χ3v) is 5.44. The summed E-state index contributed by atoms with van der Waals surface area (Å²) in [5.74, 6) is 0.606. The first-order valence-corrected chi connectivity index (χ1v) is 10.3. The van der Waals surface area contributed by atoms with E-state index in [1.807, 2.05) is 18.7 Å². The molecule has 0 radical (unpaired) electrons. The van der Waals surface area contributed by atoms with E-state index in [0.717, 1.165) is 25.9 Å². The number of amides is 1. The number of benzene rings is 1. The van der Waals surface area contributed by atoms with Crippen molar-refractivity contribution in [2.45, 2.75) is 77.1 Å². The highest BCUT2D eigenvalue weighted by molar-refractivity contribution is 6.31. The largest absolute Gasteiger partial charge is 0.490 e. The standard InChI is InChI=1S/C21H30ClNO3/c1-15(2)25-20-9-8-16(22)14-19(20)21(24)23-12-10-18(11-13-23)26-17-6-4-3-5-7-17/h8-9,14-15,17-18H,3-7,10-13H2,1-2H3. The molecule has 1 amide bonds. The van der Waals surface area contributed by atoms with Crippen LogP contribution in [0.1, 0.15) is 69.2 Å². The molecule has 1 saturated carbocycles. The summed E-state index contributed by atoms with van der Waals surface area (Å²) in [6.07, 6.45) is 8.83. The highest BCUT2D eigenvalue weighted by atomic mass is 35.5. The van der Waals surface area contributed by atoms with E-state index < -0.39 is 0 Å². The molecule has 1 aliphatic heterocycles. The van der Waals surface area contributed by atoms with Crippen LogP contribution in [-0.2, 0) is 4.74 Å². The van der Waals surface area contributed by atoms with Crippen molar-refractivity contribution < 1.29 is 14.3 Å². The van der Waals surface area contributed by atoms with Crippen LogP contribution >= 0.6 is 11.6 Å². The molecule has 1 aliphatic carbocycles. The fourth-order valence-corrected chi connectivity index (χ4v) is 4.04. The van der Waals surface area contributed by atoms with Gasteiger partial charge in [-0.15, -0.1) is 0 Å². The van der Waals surface area contributed by atoms with Gasteiger partial charge in [0.25, 0.3) is 5.91 Å². The first-order chi connectivity index (χ1) is 12.5. The molecule has 4 nitrogen and oxygen atoms in total. The highest BCUT2D eigenvalue weighted by Gasteiger charge is 2.28. The molecule has 0 aromatic heterocycles. The zero-order chi connectivity index (χ0) is 18.5. The van der Waals surface area contributed by atoms with Crippen molar-refractivity contribution in [3.63, 3.8) is 0 Å². The summed E-state index contributed by atoms with van der Waals surface area (Å²) in [6.45, 7) is 5.36. The van der Waals surface area contributed by atoms with Crippen molar-refractivity contribution in [3.05, 3.63) is 28.8 Å². The van der Waals surface area contributed by atoms with Crippen LogP contribution in [0.25, 0.3) is 0 Å². The van der Waals surface area contributed by atoms with Gasteiger partial charge >= 0.3 is 0 Å². The van der Waals surface area contributed by atoms with Crippen molar-refractivity contribution in [2.24, 2.45) is 0 Å². The molecule has 0 atom stereocenters. The van der Waals surface area contributed by atoms with Crippen LogP contribution in [0.2, 0.25) is 5.02 Å². The number of rotatable bonds is 5. The molecule has 1 aromatic carbocycles. The van der Waals surface area contributed by atoms with Gasteiger partial charge < -0.3 is 14.4 Å². The van der Waals surface area contributed by atoms with E-state index in [1.54, 1.807) is 18.2 Å². The normalized spacial score (nSPS) is 19.8. The lowest BCUT2D eigenvalue weighted by Crippen LogP contribution is -2.42. The molecular weight excluding hydrogens is 350 g/mol. The Morgan fingerprint density at radius 2 is 1.73 bits per heavy atom. The Labute approximate surface area is 161 Å². The smallest absolute Gasteiger partial charge is 0.257 e. The second-order valence-electron chi connectivity index (χ2n) is 7.69. The van der Waals surface area contributed by atoms with Crippen LogP contribution in [0.4, 0.5) is 0 Å². The first kappa shape index (κ1) is 19.5. The van der Waals surface area contributed by atoms with Gasteiger partial charge in [0.15, 0.2) is 0 Å². The lowest BCUT2D eigenvalue weighted by molar-refractivity contribution is -0.0527. The van der Waals surface area contributed by atoms with Crippen molar-refractivity contribution >= 4 is 17.5 Å². The van der Waals surface area contributed by atoms with E-state index >= 15 is 0 Å². The van der Waals surface area contributed by atoms with E-state index in [9.17, 15) is 4.79 Å². The highest BCUT2D eigenvalue weighted by Crippen LogP contribution is 2.28. The van der Waals surface area contributed by atoms with Gasteiger partial charge in [0.05, 0.1) is 23.9 Å². The molecule has 26 heavy (non-hydrogen) atoms. The Hall–Kier alpha value is -1.26. The number of carbonyl (C=O) groups is 1. The second kappa shape index (κ2) is 9.09. The summed E-state index contributed by atoms with van der Waals surface area (Å²) in [6, 6.07) is 5.26. The van der Waals surface area contributed by atoms with Crippen LogP contribution in [0.15, 0.2) is 18.2 Å². The maximum absolute atomic E-state index is 13.0. The minimum Gasteiger partial charge on any atom is -0.490 e. The summed E-state index contributed by atoms with van der Waals surface area (Å²) in [7, 11) is 0. The minimum atomic E-state index is -0.000679. The molecule has 144 valence electrons. The molecular formula is C21H30ClNO3. The summed E-state index contributed by atoms with van der Waals surface area (Å²) in [5.41, 5.74) is 0.554. The van der Waals surface area contributed by atoms with E-state index in [0.29, 0.717) is 22.4 Å². The molecule has 2 aliphatic rings. The lowest BCUT2D eigenvalue weighted by atomic mass is 9.97. The van der Waals surface area contributed by atoms with Gasteiger partial charge in [-0.3, -0.25) is 4.79 Å². The Morgan fingerprint density at radius 3 is 2.38 bits per heavy atom. The average Bonchev–Trinajstić information content (AvgIpc) is 2.64. The van der Waals surface area contributed by atoms with Crippen LogP contribution in [0.3, 0.4) is 0 Å². The van der Waals surface area contributed by atoms with E-state index in [1.165, 1.54) is 32.1 Å². The molecule has 1 heterocycles. The van der Waals surface area contributed by atoms with E-state index in [2.05, 4.69) is 0 Å². The number of hydrogen-bond donors (Lipinski definition) is 0. The maximum Gasteiger partial charge on any atom is 0.257 e. The van der Waals surface area contributed by atoms with Gasteiger partial charge in [-0.1, -0.05) is 30.9 Å². The van der Waals surface area contributed by atoms with Crippen molar-refractivity contribution in [2.75, 3.05) is 13.1 Å². The predicted octanol–water partition coefficient (Wildman–Crippen LogP) is 5.08. The van der Waals surface area contributed by atoms with Gasteiger partial charge in [-0.05, 0) is 57.7 Å². The zero-order valence-corrected chi connectivity index (χ0v) is 16.6. The molecule has 5 heteroatoms. The van der Waals surface area contributed by atoms with Gasteiger partial charge in [-0.2, -0.15) is 0 Å². The van der Waals surface area contributed by atoms with Crippen molar-refractivity contribution in [3.8, 4) is 5.75 Å². The number of halogens is 1. The SMILES string of the molecule is CC(C)Oc1ccc(Cl)cc1C(=O)N1CCC(OC2CCCCC2)CC1. The summed E-state index contributed by atoms with van der Waals surface area (Å²) in [4.78, 5) is 14.9. The van der Waals surface area contributed by atoms with E-state index in [4.69, 9.17) is 21.1 Å². The fourth-order valence-electron chi connectivity index (χ4n) is 3.86.